The number of carbonyl (C=O) groups is 2. The van der Waals surface area contributed by atoms with E-state index < -0.39 is 16.9 Å². The van der Waals surface area contributed by atoms with Crippen LogP contribution in [-0.2, 0) is 4.79 Å². The van der Waals surface area contributed by atoms with E-state index in [9.17, 15) is 19.7 Å². The van der Waals surface area contributed by atoms with Crippen LogP contribution in [-0.4, -0.2) is 53.9 Å². The Morgan fingerprint density at radius 2 is 1.93 bits per heavy atom. The zero-order valence-electron chi connectivity index (χ0n) is 15.7. The minimum atomic E-state index is -0.685. The summed E-state index contributed by atoms with van der Waals surface area (Å²) in [5, 5.41) is 16.7. The lowest BCUT2D eigenvalue weighted by molar-refractivity contribution is -0.384. The molecule has 1 aliphatic heterocycles. The molecule has 1 unspecified atom stereocenters. The van der Waals surface area contributed by atoms with Gasteiger partial charge in [0.15, 0.2) is 0 Å². The Bertz CT molecular complexity index is 717. The summed E-state index contributed by atoms with van der Waals surface area (Å²) >= 11 is 6.02. The third kappa shape index (κ3) is 5.17. The number of amides is 2. The second-order valence-corrected chi connectivity index (χ2v) is 7.41. The summed E-state index contributed by atoms with van der Waals surface area (Å²) in [6.45, 7) is 5.00. The zero-order chi connectivity index (χ0) is 20.1. The maximum atomic E-state index is 12.9. The number of piperidine rings is 1. The monoisotopic (exact) mass is 396 g/mol. The van der Waals surface area contributed by atoms with E-state index in [2.05, 4.69) is 10.6 Å². The first-order chi connectivity index (χ1) is 12.7. The Kier molecular flexibility index (Phi) is 7.15. The first kappa shape index (κ1) is 21.1. The molecule has 0 saturated carbocycles. The second kappa shape index (κ2) is 9.14. The minimum absolute atomic E-state index is 0.0218. The maximum absolute atomic E-state index is 12.9. The molecule has 8 nitrogen and oxygen atoms in total. The van der Waals surface area contributed by atoms with E-state index >= 15 is 0 Å². The number of rotatable bonds is 6. The van der Waals surface area contributed by atoms with Crippen LogP contribution in [0.15, 0.2) is 18.2 Å². The van der Waals surface area contributed by atoms with Crippen LogP contribution in [0.3, 0.4) is 0 Å². The number of hydrogen-bond acceptors (Lipinski definition) is 5. The van der Waals surface area contributed by atoms with E-state index in [0.29, 0.717) is 19.1 Å². The van der Waals surface area contributed by atoms with Crippen LogP contribution < -0.4 is 10.6 Å². The molecule has 9 heteroatoms. The van der Waals surface area contributed by atoms with Gasteiger partial charge in [0.1, 0.15) is 6.04 Å². The number of halogens is 1. The van der Waals surface area contributed by atoms with E-state index in [0.717, 1.165) is 18.9 Å². The molecule has 0 aliphatic carbocycles. The van der Waals surface area contributed by atoms with Gasteiger partial charge in [-0.25, -0.2) is 0 Å². The number of likely N-dealkylation sites (tertiary alicyclic amines) is 1. The molecule has 1 aromatic rings. The molecule has 0 spiro atoms. The van der Waals surface area contributed by atoms with Gasteiger partial charge in [0.2, 0.25) is 5.91 Å². The van der Waals surface area contributed by atoms with Crippen molar-refractivity contribution in [3.05, 3.63) is 38.9 Å². The first-order valence-electron chi connectivity index (χ1n) is 8.95. The molecule has 2 N–H and O–H groups in total. The minimum Gasteiger partial charge on any atom is -0.341 e. The van der Waals surface area contributed by atoms with Crippen LogP contribution in [0.4, 0.5) is 5.69 Å². The Balaban J connectivity index is 2.10. The smallest absolute Gasteiger partial charge is 0.270 e. The summed E-state index contributed by atoms with van der Waals surface area (Å²) < 4.78 is 0. The summed E-state index contributed by atoms with van der Waals surface area (Å²) in [5.41, 5.74) is -0.0879. The fraction of sp³-hybridized carbons (Fsp3) is 0.556. The normalized spacial score (nSPS) is 16.3. The van der Waals surface area contributed by atoms with Crippen molar-refractivity contribution in [2.24, 2.45) is 5.92 Å². The van der Waals surface area contributed by atoms with Crippen LogP contribution in [0.25, 0.3) is 0 Å². The Labute approximate surface area is 163 Å². The lowest BCUT2D eigenvalue weighted by Crippen LogP contribution is -2.54. The molecule has 2 rings (SSSR count). The largest absolute Gasteiger partial charge is 0.341 e. The highest BCUT2D eigenvalue weighted by Crippen LogP contribution is 2.23. The van der Waals surface area contributed by atoms with Crippen molar-refractivity contribution in [3.63, 3.8) is 0 Å². The van der Waals surface area contributed by atoms with Gasteiger partial charge in [0.25, 0.3) is 11.6 Å². The van der Waals surface area contributed by atoms with Crippen molar-refractivity contribution in [1.82, 2.24) is 15.5 Å². The number of nitrogens with zero attached hydrogens (tertiary/aromatic N) is 2. The van der Waals surface area contributed by atoms with Crippen molar-refractivity contribution >= 4 is 29.1 Å². The number of nitro benzene ring substituents is 1. The summed E-state index contributed by atoms with van der Waals surface area (Å²) in [6, 6.07) is 3.37. The van der Waals surface area contributed by atoms with Gasteiger partial charge in [-0.05, 0) is 31.9 Å². The number of non-ortho nitro benzene ring substituents is 1. The molecule has 0 radical (unpaired) electrons. The van der Waals surface area contributed by atoms with Gasteiger partial charge in [-0.3, -0.25) is 19.7 Å². The Morgan fingerprint density at radius 1 is 1.30 bits per heavy atom. The fourth-order valence-electron chi connectivity index (χ4n) is 3.12. The van der Waals surface area contributed by atoms with Crippen LogP contribution in [0.2, 0.25) is 5.02 Å². The third-order valence-corrected chi connectivity index (χ3v) is 5.16. The first-order valence-corrected chi connectivity index (χ1v) is 9.33. The molecule has 1 saturated heterocycles. The fourth-order valence-corrected chi connectivity index (χ4v) is 3.38. The quantitative estimate of drug-likeness (QED) is 0.566. The third-order valence-electron chi connectivity index (χ3n) is 4.84. The molecule has 1 fully saturated rings. The number of nitro groups is 1. The van der Waals surface area contributed by atoms with Crippen molar-refractivity contribution in [2.75, 3.05) is 20.1 Å². The molecule has 1 aliphatic rings. The SMILES string of the molecule is CNC1CCN(C(=O)C(NC(=O)c2ccc([N+](=O)[O-])cc2Cl)C(C)C)CC1. The average molecular weight is 397 g/mol. The zero-order valence-corrected chi connectivity index (χ0v) is 16.5. The van der Waals surface area contributed by atoms with Crippen LogP contribution in [0, 0.1) is 16.0 Å². The summed E-state index contributed by atoms with van der Waals surface area (Å²) in [4.78, 5) is 37.5. The molecule has 0 aromatic heterocycles. The molecular formula is C18H25ClN4O4. The van der Waals surface area contributed by atoms with Gasteiger partial charge in [-0.2, -0.15) is 0 Å². The van der Waals surface area contributed by atoms with Crippen LogP contribution in [0.5, 0.6) is 0 Å². The highest BCUT2D eigenvalue weighted by atomic mass is 35.5. The number of carbonyl (C=O) groups excluding carboxylic acids is 2. The van der Waals surface area contributed by atoms with E-state index in [1.165, 1.54) is 12.1 Å². The van der Waals surface area contributed by atoms with Gasteiger partial charge < -0.3 is 15.5 Å². The number of hydrogen-bond donors (Lipinski definition) is 2. The van der Waals surface area contributed by atoms with Crippen molar-refractivity contribution in [3.8, 4) is 0 Å². The van der Waals surface area contributed by atoms with Gasteiger partial charge >= 0.3 is 0 Å². The average Bonchev–Trinajstić information content (AvgIpc) is 2.65. The van der Waals surface area contributed by atoms with Gasteiger partial charge in [-0.15, -0.1) is 0 Å². The summed E-state index contributed by atoms with van der Waals surface area (Å²) in [7, 11) is 1.91. The summed E-state index contributed by atoms with van der Waals surface area (Å²) in [6.07, 6.45) is 1.74. The molecule has 1 atom stereocenters. The van der Waals surface area contributed by atoms with Crippen molar-refractivity contribution < 1.29 is 14.5 Å². The second-order valence-electron chi connectivity index (χ2n) is 7.00. The highest BCUT2D eigenvalue weighted by molar-refractivity contribution is 6.34. The molecular weight excluding hydrogens is 372 g/mol. The maximum Gasteiger partial charge on any atom is 0.270 e. The molecule has 27 heavy (non-hydrogen) atoms. The van der Waals surface area contributed by atoms with E-state index in [1.54, 1.807) is 4.90 Å². The van der Waals surface area contributed by atoms with Crippen LogP contribution >= 0.6 is 11.6 Å². The van der Waals surface area contributed by atoms with E-state index in [-0.39, 0.29) is 28.1 Å². The summed E-state index contributed by atoms with van der Waals surface area (Å²) in [5.74, 6) is -0.752. The Hall–Kier alpha value is -2.19. The van der Waals surface area contributed by atoms with Gasteiger partial charge in [0, 0.05) is 31.3 Å². The Morgan fingerprint density at radius 3 is 2.41 bits per heavy atom. The predicted molar refractivity (Wildman–Crippen MR) is 103 cm³/mol. The standard InChI is InChI=1S/C18H25ClN4O4/c1-11(2)16(18(25)22-8-6-12(20-3)7-9-22)21-17(24)14-5-4-13(23(26)27)10-15(14)19/h4-5,10-12,16,20H,6-9H2,1-3H3,(H,21,24). The van der Waals surface area contributed by atoms with Gasteiger partial charge in [-0.1, -0.05) is 25.4 Å². The lowest BCUT2D eigenvalue weighted by Gasteiger charge is -2.35. The van der Waals surface area contributed by atoms with Gasteiger partial charge in [0.05, 0.1) is 15.5 Å². The van der Waals surface area contributed by atoms with E-state index in [4.69, 9.17) is 11.6 Å². The van der Waals surface area contributed by atoms with E-state index in [1.807, 2.05) is 20.9 Å². The number of benzene rings is 1. The lowest BCUT2D eigenvalue weighted by atomic mass is 9.99. The van der Waals surface area contributed by atoms with Crippen molar-refractivity contribution in [2.45, 2.75) is 38.8 Å². The topological polar surface area (TPSA) is 105 Å². The number of nitrogens with one attached hydrogen (secondary N) is 2. The molecule has 0 bridgehead atoms. The molecule has 148 valence electrons. The van der Waals surface area contributed by atoms with Crippen LogP contribution in [0.1, 0.15) is 37.0 Å². The predicted octanol–water partition coefficient (Wildman–Crippen LogP) is 2.21. The molecule has 1 heterocycles. The molecule has 1 aromatic carbocycles. The molecule has 2 amide bonds. The highest BCUT2D eigenvalue weighted by Gasteiger charge is 2.31. The van der Waals surface area contributed by atoms with Crippen molar-refractivity contribution in [1.29, 1.82) is 0 Å².